The van der Waals surface area contributed by atoms with Crippen molar-refractivity contribution in [3.8, 4) is 11.5 Å². The summed E-state index contributed by atoms with van der Waals surface area (Å²) in [5, 5.41) is 4.53. The second kappa shape index (κ2) is 10.3. The highest BCUT2D eigenvalue weighted by Crippen LogP contribution is 2.37. The van der Waals surface area contributed by atoms with Gasteiger partial charge < -0.3 is 19.5 Å². The molecule has 8 nitrogen and oxygen atoms in total. The van der Waals surface area contributed by atoms with Crippen molar-refractivity contribution in [2.24, 2.45) is 0 Å². The molecular weight excluding hydrogens is 400 g/mol. The van der Waals surface area contributed by atoms with E-state index >= 15 is 0 Å². The molecule has 0 saturated carbocycles. The first-order chi connectivity index (χ1) is 13.9. The van der Waals surface area contributed by atoms with Gasteiger partial charge in [-0.05, 0) is 19.1 Å². The van der Waals surface area contributed by atoms with Crippen molar-refractivity contribution in [3.05, 3.63) is 58.6 Å². The Bertz CT molecular complexity index is 888. The van der Waals surface area contributed by atoms with Gasteiger partial charge in [0, 0.05) is 12.6 Å². The molecule has 0 aliphatic heterocycles. The number of esters is 1. The maximum atomic E-state index is 12.7. The van der Waals surface area contributed by atoms with Crippen molar-refractivity contribution in [3.63, 3.8) is 0 Å². The van der Waals surface area contributed by atoms with E-state index in [2.05, 4.69) is 10.6 Å². The summed E-state index contributed by atoms with van der Waals surface area (Å²) >= 11 is 6.19. The first kappa shape index (κ1) is 22.0. The van der Waals surface area contributed by atoms with Crippen molar-refractivity contribution in [2.75, 3.05) is 20.8 Å². The lowest BCUT2D eigenvalue weighted by Gasteiger charge is -2.18. The smallest absolute Gasteiger partial charge is 0.339 e. The van der Waals surface area contributed by atoms with Gasteiger partial charge in [-0.3, -0.25) is 10.1 Å². The molecule has 2 aromatic rings. The molecule has 3 amide bonds. The SMILES string of the molecule is CCOc1c(Cl)cc(C(=O)O[C@@H](C(=O)NC(=O)NC)c2ccccc2)cc1OC. The maximum Gasteiger partial charge on any atom is 0.339 e. The van der Waals surface area contributed by atoms with Gasteiger partial charge in [0.1, 0.15) is 0 Å². The maximum absolute atomic E-state index is 12.7. The molecule has 2 rings (SSSR count). The van der Waals surface area contributed by atoms with Crippen LogP contribution in [0.1, 0.15) is 28.9 Å². The molecule has 2 aromatic carbocycles. The Balaban J connectivity index is 2.33. The van der Waals surface area contributed by atoms with Crippen LogP contribution in [-0.4, -0.2) is 38.7 Å². The summed E-state index contributed by atoms with van der Waals surface area (Å²) in [6, 6.07) is 10.3. The number of hydrogen-bond acceptors (Lipinski definition) is 6. The number of methoxy groups -OCH3 is 1. The lowest BCUT2D eigenvalue weighted by Crippen LogP contribution is -2.41. The van der Waals surface area contributed by atoms with E-state index in [1.54, 1.807) is 37.3 Å². The van der Waals surface area contributed by atoms with Gasteiger partial charge in [-0.15, -0.1) is 0 Å². The van der Waals surface area contributed by atoms with Crippen LogP contribution in [0.3, 0.4) is 0 Å². The lowest BCUT2D eigenvalue weighted by molar-refractivity contribution is -0.129. The molecule has 0 saturated heterocycles. The van der Waals surface area contributed by atoms with Gasteiger partial charge in [0.25, 0.3) is 5.91 Å². The third-order valence-corrected chi connectivity index (χ3v) is 4.06. The van der Waals surface area contributed by atoms with Gasteiger partial charge in [0.05, 0.1) is 24.3 Å². The van der Waals surface area contributed by atoms with E-state index in [0.29, 0.717) is 17.9 Å². The topological polar surface area (TPSA) is 103 Å². The predicted octanol–water partition coefficient (Wildman–Crippen LogP) is 3.10. The first-order valence-corrected chi connectivity index (χ1v) is 9.07. The Morgan fingerprint density at radius 1 is 1.14 bits per heavy atom. The summed E-state index contributed by atoms with van der Waals surface area (Å²) < 4.78 is 16.0. The predicted molar refractivity (Wildman–Crippen MR) is 106 cm³/mol. The summed E-state index contributed by atoms with van der Waals surface area (Å²) in [6.07, 6.45) is -1.35. The van der Waals surface area contributed by atoms with Gasteiger partial charge in [-0.2, -0.15) is 0 Å². The highest BCUT2D eigenvalue weighted by molar-refractivity contribution is 6.32. The minimum absolute atomic E-state index is 0.0592. The Hall–Kier alpha value is -3.26. The number of carbonyl (C=O) groups excluding carboxylic acids is 3. The van der Waals surface area contributed by atoms with Crippen molar-refractivity contribution in [2.45, 2.75) is 13.0 Å². The highest BCUT2D eigenvalue weighted by atomic mass is 35.5. The fourth-order valence-electron chi connectivity index (χ4n) is 2.44. The van der Waals surface area contributed by atoms with Crippen molar-refractivity contribution >= 4 is 29.5 Å². The standard InChI is InChI=1S/C20H21ClN2O6/c1-4-28-17-14(21)10-13(11-15(17)27-3)19(25)29-16(12-8-6-5-7-9-12)18(24)23-20(26)22-2/h5-11,16H,4H2,1-3H3,(H2,22,23,24,26)/t16-/m1/s1. The molecule has 0 unspecified atom stereocenters. The zero-order chi connectivity index (χ0) is 21.4. The van der Waals surface area contributed by atoms with E-state index < -0.39 is 24.0 Å². The molecule has 0 spiro atoms. The molecule has 0 aliphatic rings. The second-order valence-corrected chi connectivity index (χ2v) is 6.09. The van der Waals surface area contributed by atoms with E-state index in [1.807, 2.05) is 0 Å². The fourth-order valence-corrected chi connectivity index (χ4v) is 2.70. The summed E-state index contributed by atoms with van der Waals surface area (Å²) in [5.74, 6) is -1.08. The Kier molecular flexibility index (Phi) is 7.85. The van der Waals surface area contributed by atoms with Crippen LogP contribution in [0.5, 0.6) is 11.5 Å². The molecule has 9 heteroatoms. The molecule has 0 heterocycles. The number of rotatable bonds is 7. The number of halogens is 1. The van der Waals surface area contributed by atoms with Gasteiger partial charge in [0.15, 0.2) is 11.5 Å². The lowest BCUT2D eigenvalue weighted by atomic mass is 10.1. The molecule has 0 fully saturated rings. The van der Waals surface area contributed by atoms with Crippen LogP contribution in [-0.2, 0) is 9.53 Å². The van der Waals surface area contributed by atoms with E-state index in [-0.39, 0.29) is 16.3 Å². The Labute approximate surface area is 173 Å². The highest BCUT2D eigenvalue weighted by Gasteiger charge is 2.28. The Morgan fingerprint density at radius 3 is 2.41 bits per heavy atom. The number of hydrogen-bond donors (Lipinski definition) is 2. The first-order valence-electron chi connectivity index (χ1n) is 8.70. The van der Waals surface area contributed by atoms with Gasteiger partial charge in [-0.25, -0.2) is 9.59 Å². The van der Waals surface area contributed by atoms with Crippen molar-refractivity contribution in [1.82, 2.24) is 10.6 Å². The summed E-state index contributed by atoms with van der Waals surface area (Å²) in [5.41, 5.74) is 0.454. The van der Waals surface area contributed by atoms with Gasteiger partial charge in [-0.1, -0.05) is 41.9 Å². The average Bonchev–Trinajstić information content (AvgIpc) is 2.73. The van der Waals surface area contributed by atoms with Crippen LogP contribution >= 0.6 is 11.6 Å². The van der Waals surface area contributed by atoms with Crippen LogP contribution in [0, 0.1) is 0 Å². The van der Waals surface area contributed by atoms with Crippen LogP contribution in [0.2, 0.25) is 5.02 Å². The van der Waals surface area contributed by atoms with Crippen molar-refractivity contribution in [1.29, 1.82) is 0 Å². The van der Waals surface area contributed by atoms with Crippen molar-refractivity contribution < 1.29 is 28.6 Å². The quantitative estimate of drug-likeness (QED) is 0.667. The Morgan fingerprint density at radius 2 is 1.83 bits per heavy atom. The fraction of sp³-hybridized carbons (Fsp3) is 0.250. The molecular formula is C20H21ClN2O6. The number of imide groups is 1. The third kappa shape index (κ3) is 5.61. The molecule has 0 aromatic heterocycles. The molecule has 1 atom stereocenters. The minimum Gasteiger partial charge on any atom is -0.493 e. The van der Waals surface area contributed by atoms with E-state index in [4.69, 9.17) is 25.8 Å². The van der Waals surface area contributed by atoms with Gasteiger partial charge in [0.2, 0.25) is 6.10 Å². The summed E-state index contributed by atoms with van der Waals surface area (Å²) in [7, 11) is 2.77. The molecule has 0 bridgehead atoms. The molecule has 0 aliphatic carbocycles. The van der Waals surface area contributed by atoms with Crippen LogP contribution in [0.15, 0.2) is 42.5 Å². The molecule has 154 valence electrons. The average molecular weight is 421 g/mol. The molecule has 29 heavy (non-hydrogen) atoms. The molecule has 2 N–H and O–H groups in total. The largest absolute Gasteiger partial charge is 0.493 e. The number of urea groups is 1. The second-order valence-electron chi connectivity index (χ2n) is 5.69. The zero-order valence-corrected chi connectivity index (χ0v) is 16.9. The van der Waals surface area contributed by atoms with E-state index in [0.717, 1.165) is 0 Å². The third-order valence-electron chi connectivity index (χ3n) is 3.78. The number of ether oxygens (including phenoxy) is 3. The van der Waals surface area contributed by atoms with Crippen LogP contribution in [0.25, 0.3) is 0 Å². The number of amides is 3. The normalized spacial score (nSPS) is 11.2. The summed E-state index contributed by atoms with van der Waals surface area (Å²) in [6.45, 7) is 2.14. The number of benzene rings is 2. The van der Waals surface area contributed by atoms with E-state index in [9.17, 15) is 14.4 Å². The zero-order valence-electron chi connectivity index (χ0n) is 16.2. The molecule has 0 radical (unpaired) electrons. The number of nitrogens with one attached hydrogen (secondary N) is 2. The minimum atomic E-state index is -1.35. The monoisotopic (exact) mass is 420 g/mol. The summed E-state index contributed by atoms with van der Waals surface area (Å²) in [4.78, 5) is 36.7. The number of carbonyl (C=O) groups is 3. The van der Waals surface area contributed by atoms with Crippen LogP contribution < -0.4 is 20.1 Å². The van der Waals surface area contributed by atoms with Crippen LogP contribution in [0.4, 0.5) is 4.79 Å². The van der Waals surface area contributed by atoms with E-state index in [1.165, 1.54) is 26.3 Å². The van der Waals surface area contributed by atoms with Gasteiger partial charge >= 0.3 is 12.0 Å².